The second kappa shape index (κ2) is 9.67. The van der Waals surface area contributed by atoms with Gasteiger partial charge in [0, 0.05) is 24.7 Å². The molecule has 15 heteroatoms. The third-order valence-corrected chi connectivity index (χ3v) is 6.45. The number of quaternary nitrogens is 1. The first-order valence-electron chi connectivity index (χ1n) is 11.0. The molecule has 3 aromatic rings. The molecule has 2 fully saturated rings. The summed E-state index contributed by atoms with van der Waals surface area (Å²) in [5.41, 5.74) is 7.02. The molecule has 2 aromatic heterocycles. The molecule has 36 heavy (non-hydrogen) atoms. The van der Waals surface area contributed by atoms with Crippen LogP contribution in [0.1, 0.15) is 30.9 Å². The lowest BCUT2D eigenvalue weighted by atomic mass is 10.0. The Morgan fingerprint density at radius 1 is 1.19 bits per heavy atom. The van der Waals surface area contributed by atoms with Gasteiger partial charge >= 0.3 is 16.4 Å². The number of aliphatic hydroxyl groups excluding tert-OH is 1. The van der Waals surface area contributed by atoms with E-state index in [0.717, 1.165) is 18.6 Å². The number of urea groups is 1. The number of hydrogen-bond acceptors (Lipinski definition) is 7. The number of rotatable bonds is 3. The van der Waals surface area contributed by atoms with Crippen LogP contribution in [0, 0.1) is 11.6 Å². The molecule has 3 atom stereocenters. The van der Waals surface area contributed by atoms with Gasteiger partial charge in [0.25, 0.3) is 0 Å². The minimum atomic E-state index is -4.67. The number of aliphatic hydroxyl groups is 1. The molecule has 0 spiro atoms. The van der Waals surface area contributed by atoms with Crippen LogP contribution in [0.3, 0.4) is 0 Å². The third-order valence-electron chi connectivity index (χ3n) is 6.45. The number of nitrogens with two attached hydrogens (primary N) is 1. The van der Waals surface area contributed by atoms with Gasteiger partial charge in [-0.1, -0.05) is 0 Å². The maximum atomic E-state index is 14.5. The highest BCUT2D eigenvalue weighted by molar-refractivity contribution is 7.79. The topological polar surface area (TPSA) is 171 Å². The molecule has 2 aliphatic heterocycles. The maximum absolute atomic E-state index is 14.5. The predicted octanol–water partition coefficient (Wildman–Crippen LogP) is 1.85. The highest BCUT2D eigenvalue weighted by Gasteiger charge is 2.47. The predicted molar refractivity (Wildman–Crippen MR) is 125 cm³/mol. The number of halogens is 2. The number of carbonyl (C=O) groups excluding carboxylic acids is 1. The van der Waals surface area contributed by atoms with Gasteiger partial charge in [-0.15, -0.1) is 0 Å². The van der Waals surface area contributed by atoms with E-state index in [4.69, 9.17) is 28.2 Å². The fraction of sp³-hybridized carbons (Fsp3) is 0.381. The lowest BCUT2D eigenvalue weighted by Crippen LogP contribution is -2.55. The average Bonchev–Trinajstić information content (AvgIpc) is 3.52. The van der Waals surface area contributed by atoms with Gasteiger partial charge in [-0.25, -0.2) is 27.6 Å². The van der Waals surface area contributed by atoms with E-state index in [1.54, 1.807) is 23.0 Å². The van der Waals surface area contributed by atoms with Crippen LogP contribution in [0.2, 0.25) is 0 Å². The van der Waals surface area contributed by atoms with E-state index < -0.39 is 34.2 Å². The Hall–Kier alpha value is -3.24. The SMILES string of the molecule is NC(=O)[N+]1(c2cnn3ccc(N4CCC[C@@H]4c4cc(F)ccc4F)nc23)CCC(O)C1.O=S(=O)(O)O. The molecule has 2 unspecified atom stereocenters. The quantitative estimate of drug-likeness (QED) is 0.293. The van der Waals surface area contributed by atoms with Crippen molar-refractivity contribution in [2.45, 2.75) is 31.4 Å². The third kappa shape index (κ3) is 5.15. The molecule has 12 nitrogen and oxygen atoms in total. The molecule has 2 saturated heterocycles. The maximum Gasteiger partial charge on any atom is 0.419 e. The Balaban J connectivity index is 0.000000556. The number of amides is 2. The minimum absolute atomic E-state index is 0.170. The number of anilines is 1. The van der Waals surface area contributed by atoms with Crippen molar-refractivity contribution in [1.82, 2.24) is 19.1 Å². The van der Waals surface area contributed by atoms with Gasteiger partial charge in [-0.05, 0) is 37.1 Å². The number of carbonyl (C=O) groups is 1. The number of benzene rings is 1. The van der Waals surface area contributed by atoms with Crippen LogP contribution in [-0.4, -0.2) is 69.0 Å². The Morgan fingerprint density at radius 3 is 2.56 bits per heavy atom. The van der Waals surface area contributed by atoms with E-state index in [9.17, 15) is 18.7 Å². The summed E-state index contributed by atoms with van der Waals surface area (Å²) in [6, 6.07) is 4.35. The molecular formula is C21H25F2N6O6S+. The van der Waals surface area contributed by atoms with Crippen molar-refractivity contribution < 1.29 is 36.2 Å². The second-order valence-electron chi connectivity index (χ2n) is 8.70. The van der Waals surface area contributed by atoms with Crippen molar-refractivity contribution in [1.29, 1.82) is 0 Å². The van der Waals surface area contributed by atoms with Gasteiger partial charge in [-0.2, -0.15) is 13.5 Å². The largest absolute Gasteiger partial charge is 0.419 e. The zero-order chi connectivity index (χ0) is 26.3. The molecule has 1 aromatic carbocycles. The summed E-state index contributed by atoms with van der Waals surface area (Å²) < 4.78 is 61.2. The van der Waals surface area contributed by atoms with Crippen molar-refractivity contribution in [2.24, 2.45) is 5.73 Å². The standard InChI is InChI=1S/C21H22F2N6O2.H2O4S/c22-13-3-4-16(23)15(10-13)17-2-1-7-27(17)19-5-8-28-20(26-19)18(11-25-28)29(21(24)31)9-6-14(30)12-29;1-5(2,3)4/h3-5,8,10-11,14,17,30H,1-2,6-7,9,12H2,(H-,24,31);(H2,1,2,3,4)/p+1/t14?,17-,29?;/m1./s1. The van der Waals surface area contributed by atoms with Crippen LogP contribution >= 0.6 is 0 Å². The lowest BCUT2D eigenvalue weighted by Gasteiger charge is -2.28. The van der Waals surface area contributed by atoms with Crippen molar-refractivity contribution in [3.63, 3.8) is 0 Å². The summed E-state index contributed by atoms with van der Waals surface area (Å²) in [6.45, 7) is 1.18. The van der Waals surface area contributed by atoms with Gasteiger partial charge in [0.05, 0.1) is 12.6 Å². The van der Waals surface area contributed by atoms with Crippen molar-refractivity contribution in [2.75, 3.05) is 24.5 Å². The Labute approximate surface area is 204 Å². The highest BCUT2D eigenvalue weighted by Crippen LogP contribution is 2.38. The van der Waals surface area contributed by atoms with Gasteiger partial charge in [0.1, 0.15) is 36.3 Å². The Kier molecular flexibility index (Phi) is 6.94. The lowest BCUT2D eigenvalue weighted by molar-refractivity contribution is 0.176. The second-order valence-corrected chi connectivity index (χ2v) is 9.60. The van der Waals surface area contributed by atoms with E-state index in [-0.39, 0.29) is 17.1 Å². The molecule has 0 radical (unpaired) electrons. The van der Waals surface area contributed by atoms with Crippen LogP contribution in [0.25, 0.3) is 5.65 Å². The zero-order valence-corrected chi connectivity index (χ0v) is 19.7. The van der Waals surface area contributed by atoms with Gasteiger partial charge in [0.15, 0.2) is 0 Å². The van der Waals surface area contributed by atoms with E-state index >= 15 is 0 Å². The number of nitrogens with zero attached hydrogens (tertiary/aromatic N) is 5. The smallest absolute Gasteiger partial charge is 0.387 e. The normalized spacial score (nSPS) is 24.1. The Morgan fingerprint density at radius 2 is 1.92 bits per heavy atom. The number of hydrogen-bond donors (Lipinski definition) is 4. The van der Waals surface area contributed by atoms with Crippen LogP contribution in [-0.2, 0) is 10.4 Å². The minimum Gasteiger partial charge on any atom is -0.387 e. The number of aromatic nitrogens is 3. The number of likely N-dealkylation sites (tertiary alicyclic amines) is 1. The van der Waals surface area contributed by atoms with E-state index in [2.05, 4.69) is 5.10 Å². The van der Waals surface area contributed by atoms with Crippen LogP contribution in [0.5, 0.6) is 0 Å². The summed E-state index contributed by atoms with van der Waals surface area (Å²) in [7, 11) is -4.67. The molecule has 0 aliphatic carbocycles. The summed E-state index contributed by atoms with van der Waals surface area (Å²) in [4.78, 5) is 19.1. The summed E-state index contributed by atoms with van der Waals surface area (Å²) in [5.74, 6) is -0.346. The molecule has 0 bridgehead atoms. The molecule has 2 amide bonds. The first-order valence-corrected chi connectivity index (χ1v) is 12.4. The molecular weight excluding hydrogens is 502 g/mol. The van der Waals surface area contributed by atoms with E-state index in [1.807, 2.05) is 4.90 Å². The monoisotopic (exact) mass is 527 g/mol. The zero-order valence-electron chi connectivity index (χ0n) is 18.9. The van der Waals surface area contributed by atoms with Gasteiger partial charge in [-0.3, -0.25) is 9.11 Å². The van der Waals surface area contributed by atoms with Crippen LogP contribution in [0.4, 0.5) is 25.1 Å². The van der Waals surface area contributed by atoms with Gasteiger partial charge in [0.2, 0.25) is 11.3 Å². The molecule has 4 heterocycles. The van der Waals surface area contributed by atoms with Crippen LogP contribution in [0.15, 0.2) is 36.7 Å². The van der Waals surface area contributed by atoms with Crippen molar-refractivity contribution >= 4 is 33.6 Å². The fourth-order valence-electron chi connectivity index (χ4n) is 4.89. The average molecular weight is 528 g/mol. The highest BCUT2D eigenvalue weighted by atomic mass is 32.3. The first kappa shape index (κ1) is 25.8. The van der Waals surface area contributed by atoms with E-state index in [0.29, 0.717) is 48.6 Å². The molecule has 0 saturated carbocycles. The Bertz CT molecular complexity index is 1390. The van der Waals surface area contributed by atoms with Crippen molar-refractivity contribution in [3.05, 3.63) is 53.9 Å². The van der Waals surface area contributed by atoms with Gasteiger partial charge < -0.3 is 15.7 Å². The summed E-state index contributed by atoms with van der Waals surface area (Å²) >= 11 is 0. The number of primary amides is 1. The molecule has 5 N–H and O–H groups in total. The first-order chi connectivity index (χ1) is 16.9. The molecule has 5 rings (SSSR count). The summed E-state index contributed by atoms with van der Waals surface area (Å²) in [6.07, 6.45) is 4.59. The summed E-state index contributed by atoms with van der Waals surface area (Å²) in [5, 5.41) is 14.4. The van der Waals surface area contributed by atoms with Crippen LogP contribution < -0.4 is 15.1 Å². The fourth-order valence-corrected chi connectivity index (χ4v) is 4.89. The molecule has 194 valence electrons. The van der Waals surface area contributed by atoms with Crippen molar-refractivity contribution in [3.8, 4) is 0 Å². The molecule has 2 aliphatic rings. The number of fused-ring (bicyclic) bond motifs is 1. The van der Waals surface area contributed by atoms with E-state index in [1.165, 1.54) is 6.07 Å².